The van der Waals surface area contributed by atoms with E-state index in [-0.39, 0.29) is 5.75 Å². The van der Waals surface area contributed by atoms with Crippen molar-refractivity contribution in [1.82, 2.24) is 14.7 Å². The second-order valence-corrected chi connectivity index (χ2v) is 9.09. The van der Waals surface area contributed by atoms with Crippen molar-refractivity contribution in [3.05, 3.63) is 46.8 Å². The minimum Gasteiger partial charge on any atom is -0.496 e. The van der Waals surface area contributed by atoms with Crippen LogP contribution in [0.2, 0.25) is 0 Å². The van der Waals surface area contributed by atoms with Gasteiger partial charge in [-0.15, -0.1) is 0 Å². The molecule has 1 aromatic heterocycles. The minimum atomic E-state index is -3.25. The van der Waals surface area contributed by atoms with E-state index >= 15 is 0 Å². The first kappa shape index (κ1) is 18.9. The fourth-order valence-electron chi connectivity index (χ4n) is 3.31. The van der Waals surface area contributed by atoms with E-state index in [0.29, 0.717) is 12.2 Å². The number of sulfone groups is 1. The lowest BCUT2D eigenvalue weighted by atomic mass is 10.1. The fraction of sp³-hybridized carbons (Fsp3) is 0.500. The van der Waals surface area contributed by atoms with Crippen LogP contribution in [0.3, 0.4) is 0 Å². The number of aromatic nitrogens is 2. The third kappa shape index (κ3) is 4.44. The molecule has 8 heteroatoms. The van der Waals surface area contributed by atoms with Gasteiger partial charge in [-0.25, -0.2) is 8.42 Å². The topological polar surface area (TPSA) is 84.7 Å². The lowest BCUT2D eigenvalue weighted by Gasteiger charge is -2.27. The summed E-state index contributed by atoms with van der Waals surface area (Å²) < 4.78 is 29.9. The number of nitrogens with zero attached hydrogens (tertiary/aromatic N) is 3. The zero-order chi connectivity index (χ0) is 18.9. The molecular formula is C18H25N3O4S. The van der Waals surface area contributed by atoms with Crippen LogP contribution in [0.4, 0.5) is 0 Å². The van der Waals surface area contributed by atoms with Crippen LogP contribution < -0.4 is 4.74 Å². The summed E-state index contributed by atoms with van der Waals surface area (Å²) >= 11 is 0. The number of benzene rings is 1. The van der Waals surface area contributed by atoms with Crippen molar-refractivity contribution >= 4 is 9.84 Å². The van der Waals surface area contributed by atoms with Crippen molar-refractivity contribution in [1.29, 1.82) is 0 Å². The van der Waals surface area contributed by atoms with Crippen LogP contribution in [0.15, 0.2) is 24.3 Å². The number of rotatable bonds is 6. The molecule has 7 nitrogen and oxygen atoms in total. The quantitative estimate of drug-likeness (QED) is 0.814. The molecule has 0 radical (unpaired) electrons. The van der Waals surface area contributed by atoms with E-state index < -0.39 is 15.9 Å². The maximum Gasteiger partial charge on any atom is 0.150 e. The molecular weight excluding hydrogens is 354 g/mol. The maximum atomic E-state index is 11.4. The van der Waals surface area contributed by atoms with Crippen LogP contribution >= 0.6 is 0 Å². The van der Waals surface area contributed by atoms with Gasteiger partial charge in [0, 0.05) is 25.9 Å². The molecule has 1 atom stereocenters. The minimum absolute atomic E-state index is 0.307. The Morgan fingerprint density at radius 1 is 1.31 bits per heavy atom. The Balaban J connectivity index is 1.69. The molecule has 0 aliphatic carbocycles. The average molecular weight is 379 g/mol. The van der Waals surface area contributed by atoms with Crippen LogP contribution in [0.1, 0.15) is 28.6 Å². The van der Waals surface area contributed by atoms with E-state index in [9.17, 15) is 13.5 Å². The lowest BCUT2D eigenvalue weighted by molar-refractivity contribution is 0.191. The lowest BCUT2D eigenvalue weighted by Crippen LogP contribution is -2.33. The first-order chi connectivity index (χ1) is 12.2. The maximum absolute atomic E-state index is 11.4. The summed E-state index contributed by atoms with van der Waals surface area (Å²) in [6.45, 7) is 5.13. The van der Waals surface area contributed by atoms with E-state index in [1.54, 1.807) is 13.2 Å². The second kappa shape index (κ2) is 7.38. The van der Waals surface area contributed by atoms with Gasteiger partial charge in [-0.1, -0.05) is 12.1 Å². The van der Waals surface area contributed by atoms with Crippen LogP contribution in [0.25, 0.3) is 0 Å². The molecule has 0 saturated heterocycles. The Labute approximate surface area is 154 Å². The molecule has 3 rings (SSSR count). The highest BCUT2D eigenvalue weighted by atomic mass is 32.2. The van der Waals surface area contributed by atoms with Crippen LogP contribution in [-0.2, 0) is 29.5 Å². The molecule has 2 heterocycles. The highest BCUT2D eigenvalue weighted by Gasteiger charge is 2.23. The summed E-state index contributed by atoms with van der Waals surface area (Å²) in [5.41, 5.74) is 3.74. The van der Waals surface area contributed by atoms with Gasteiger partial charge in [-0.05, 0) is 30.2 Å². The monoisotopic (exact) mass is 379 g/mol. The van der Waals surface area contributed by atoms with Gasteiger partial charge in [0.2, 0.25) is 0 Å². The second-order valence-electron chi connectivity index (χ2n) is 6.91. The molecule has 0 amide bonds. The zero-order valence-corrected chi connectivity index (χ0v) is 16.2. The average Bonchev–Trinajstić information content (AvgIpc) is 2.97. The van der Waals surface area contributed by atoms with E-state index in [1.165, 1.54) is 5.56 Å². The number of aliphatic hydroxyl groups excluding tert-OH is 1. The highest BCUT2D eigenvalue weighted by molar-refractivity contribution is 7.90. The molecule has 0 fully saturated rings. The van der Waals surface area contributed by atoms with Crippen LogP contribution in [0, 0.1) is 6.92 Å². The van der Waals surface area contributed by atoms with Gasteiger partial charge >= 0.3 is 0 Å². The molecule has 1 N–H and O–H groups in total. The van der Waals surface area contributed by atoms with Crippen LogP contribution in [0.5, 0.6) is 5.75 Å². The van der Waals surface area contributed by atoms with Crippen molar-refractivity contribution < 1.29 is 18.3 Å². The van der Waals surface area contributed by atoms with Gasteiger partial charge in [0.25, 0.3) is 0 Å². The molecule has 0 spiro atoms. The van der Waals surface area contributed by atoms with Crippen molar-refractivity contribution in [3.8, 4) is 5.75 Å². The summed E-state index contributed by atoms with van der Waals surface area (Å²) in [6, 6.07) is 7.99. The molecule has 1 aromatic carbocycles. The SMILES string of the molecule is COc1ccc(CN2CCn3nc([C@H](O)CS(C)(=O)=O)cc3C2)cc1C. The zero-order valence-electron chi connectivity index (χ0n) is 15.3. The molecule has 26 heavy (non-hydrogen) atoms. The van der Waals surface area contributed by atoms with Gasteiger partial charge in [0.15, 0.2) is 0 Å². The molecule has 2 aromatic rings. The Hall–Kier alpha value is -1.90. The smallest absolute Gasteiger partial charge is 0.150 e. The molecule has 1 aliphatic heterocycles. The molecule has 1 aliphatic rings. The summed E-state index contributed by atoms with van der Waals surface area (Å²) in [4.78, 5) is 2.31. The highest BCUT2D eigenvalue weighted by Crippen LogP contribution is 2.23. The Morgan fingerprint density at radius 2 is 2.08 bits per heavy atom. The van der Waals surface area contributed by atoms with E-state index in [4.69, 9.17) is 4.74 Å². The number of methoxy groups -OCH3 is 1. The standard InChI is InChI=1S/C18H25N3O4S/c1-13-8-14(4-5-18(13)25-2)10-20-6-7-21-15(11-20)9-16(19-21)17(22)12-26(3,23)24/h4-5,8-9,17,22H,6-7,10-12H2,1-3H3/t17-/m1/s1. The number of hydrogen-bond acceptors (Lipinski definition) is 6. The number of ether oxygens (including phenoxy) is 1. The first-order valence-corrected chi connectivity index (χ1v) is 10.6. The molecule has 0 bridgehead atoms. The van der Waals surface area contributed by atoms with E-state index in [1.807, 2.05) is 17.7 Å². The van der Waals surface area contributed by atoms with Crippen molar-refractivity contribution in [2.24, 2.45) is 0 Å². The van der Waals surface area contributed by atoms with Gasteiger partial charge in [-0.3, -0.25) is 9.58 Å². The van der Waals surface area contributed by atoms with E-state index in [0.717, 1.165) is 42.9 Å². The van der Waals surface area contributed by atoms with Gasteiger partial charge < -0.3 is 9.84 Å². The largest absolute Gasteiger partial charge is 0.496 e. The summed E-state index contributed by atoms with van der Waals surface area (Å²) in [5, 5.41) is 14.5. The van der Waals surface area contributed by atoms with E-state index in [2.05, 4.69) is 22.1 Å². The normalized spacial score (nSPS) is 16.3. The summed E-state index contributed by atoms with van der Waals surface area (Å²) in [5.74, 6) is 0.577. The van der Waals surface area contributed by atoms with Crippen molar-refractivity contribution in [2.75, 3.05) is 25.7 Å². The number of fused-ring (bicyclic) bond motifs is 1. The van der Waals surface area contributed by atoms with Crippen LogP contribution in [-0.4, -0.2) is 53.9 Å². The van der Waals surface area contributed by atoms with Crippen molar-refractivity contribution in [3.63, 3.8) is 0 Å². The Kier molecular flexibility index (Phi) is 5.36. The summed E-state index contributed by atoms with van der Waals surface area (Å²) in [7, 11) is -1.58. The number of hydrogen-bond donors (Lipinski definition) is 1. The number of aliphatic hydroxyl groups is 1. The number of aryl methyl sites for hydroxylation is 1. The third-order valence-corrected chi connectivity index (χ3v) is 5.48. The molecule has 142 valence electrons. The predicted octanol–water partition coefficient (Wildman–Crippen LogP) is 1.29. The Bertz CT molecular complexity index is 892. The molecule has 0 unspecified atom stereocenters. The van der Waals surface area contributed by atoms with Gasteiger partial charge in [-0.2, -0.15) is 5.10 Å². The van der Waals surface area contributed by atoms with Gasteiger partial charge in [0.1, 0.15) is 21.7 Å². The molecule has 0 saturated carbocycles. The van der Waals surface area contributed by atoms with Gasteiger partial charge in [0.05, 0.1) is 30.8 Å². The summed E-state index contributed by atoms with van der Waals surface area (Å²) in [6.07, 6.45) is 0.0333. The Morgan fingerprint density at radius 3 is 2.73 bits per heavy atom. The fourth-order valence-corrected chi connectivity index (χ4v) is 4.05. The van der Waals surface area contributed by atoms with Crippen molar-refractivity contribution in [2.45, 2.75) is 32.7 Å². The first-order valence-electron chi connectivity index (χ1n) is 8.53. The predicted molar refractivity (Wildman–Crippen MR) is 98.7 cm³/mol. The third-order valence-electron chi connectivity index (χ3n) is 4.56.